The molecular formula is C12H12N2O3. The number of nitrogens with zero attached hydrogens (tertiary/aromatic N) is 1. The Morgan fingerprint density at radius 3 is 3.06 bits per heavy atom. The first-order valence-electron chi connectivity index (χ1n) is 5.09. The van der Waals surface area contributed by atoms with Crippen molar-refractivity contribution in [3.05, 3.63) is 36.7 Å². The molecule has 0 saturated heterocycles. The number of methoxy groups -OCH3 is 1. The second-order valence-electron chi connectivity index (χ2n) is 3.33. The van der Waals surface area contributed by atoms with Crippen LogP contribution in [0.3, 0.4) is 0 Å². The van der Waals surface area contributed by atoms with Gasteiger partial charge in [0, 0.05) is 18.0 Å². The average molecular weight is 232 g/mol. The summed E-state index contributed by atoms with van der Waals surface area (Å²) in [6.45, 7) is -0.0991. The highest BCUT2D eigenvalue weighted by Gasteiger charge is 2.04. The van der Waals surface area contributed by atoms with Crippen LogP contribution >= 0.6 is 0 Å². The number of hydrogen-bond donors (Lipinski definition) is 1. The van der Waals surface area contributed by atoms with E-state index in [0.29, 0.717) is 5.75 Å². The quantitative estimate of drug-likeness (QED) is 0.814. The average Bonchev–Trinajstić information content (AvgIpc) is 2.90. The number of nitrogens with one attached hydrogen (secondary N) is 1. The Labute approximate surface area is 98.4 Å². The fourth-order valence-electron chi connectivity index (χ4n) is 1.36. The predicted octanol–water partition coefficient (Wildman–Crippen LogP) is 1.63. The number of H-pyrrole nitrogens is 1. The van der Waals surface area contributed by atoms with Crippen LogP contribution in [0.25, 0.3) is 11.4 Å². The summed E-state index contributed by atoms with van der Waals surface area (Å²) in [5, 5.41) is 0. The molecule has 0 bridgehead atoms. The number of imidazole rings is 1. The highest BCUT2D eigenvalue weighted by Crippen LogP contribution is 2.20. The molecule has 0 saturated carbocycles. The maximum absolute atomic E-state index is 10.9. The summed E-state index contributed by atoms with van der Waals surface area (Å²) in [6, 6.07) is 7.32. The largest absolute Gasteiger partial charge is 0.482 e. The highest BCUT2D eigenvalue weighted by atomic mass is 16.6. The third-order valence-electron chi connectivity index (χ3n) is 2.19. The first-order chi connectivity index (χ1) is 8.29. The van der Waals surface area contributed by atoms with Crippen LogP contribution in [-0.2, 0) is 9.53 Å². The van der Waals surface area contributed by atoms with E-state index >= 15 is 0 Å². The molecule has 0 spiro atoms. The van der Waals surface area contributed by atoms with E-state index in [9.17, 15) is 4.79 Å². The molecule has 88 valence electrons. The van der Waals surface area contributed by atoms with E-state index in [2.05, 4.69) is 14.7 Å². The first kappa shape index (κ1) is 11.2. The Bertz CT molecular complexity index is 494. The minimum absolute atomic E-state index is 0.0991. The molecule has 5 heteroatoms. The molecule has 0 aliphatic rings. The van der Waals surface area contributed by atoms with Crippen molar-refractivity contribution < 1.29 is 14.3 Å². The minimum Gasteiger partial charge on any atom is -0.482 e. The van der Waals surface area contributed by atoms with Gasteiger partial charge < -0.3 is 14.5 Å². The molecule has 2 aromatic rings. The Hall–Kier alpha value is -2.30. The fourth-order valence-corrected chi connectivity index (χ4v) is 1.36. The number of rotatable bonds is 4. The van der Waals surface area contributed by atoms with Crippen molar-refractivity contribution in [1.82, 2.24) is 9.97 Å². The molecule has 1 aromatic carbocycles. The summed E-state index contributed by atoms with van der Waals surface area (Å²) in [5.74, 6) is 0.950. The van der Waals surface area contributed by atoms with Gasteiger partial charge in [0.1, 0.15) is 11.6 Å². The third-order valence-corrected chi connectivity index (χ3v) is 2.19. The molecule has 1 heterocycles. The van der Waals surface area contributed by atoms with Crippen LogP contribution in [0, 0.1) is 0 Å². The van der Waals surface area contributed by atoms with Gasteiger partial charge in [-0.3, -0.25) is 0 Å². The molecule has 0 aliphatic carbocycles. The zero-order chi connectivity index (χ0) is 12.1. The molecule has 0 aliphatic heterocycles. The molecule has 0 unspecified atom stereocenters. The molecule has 0 radical (unpaired) electrons. The van der Waals surface area contributed by atoms with Gasteiger partial charge in [-0.2, -0.15) is 0 Å². The number of benzene rings is 1. The van der Waals surface area contributed by atoms with Gasteiger partial charge >= 0.3 is 5.97 Å². The van der Waals surface area contributed by atoms with Crippen molar-refractivity contribution in [1.29, 1.82) is 0 Å². The van der Waals surface area contributed by atoms with E-state index in [4.69, 9.17) is 4.74 Å². The topological polar surface area (TPSA) is 64.2 Å². The Balaban J connectivity index is 2.09. The smallest absolute Gasteiger partial charge is 0.343 e. The molecule has 2 rings (SSSR count). The molecule has 5 nitrogen and oxygen atoms in total. The fraction of sp³-hybridized carbons (Fsp3) is 0.167. The van der Waals surface area contributed by atoms with Crippen LogP contribution in [0.1, 0.15) is 0 Å². The summed E-state index contributed by atoms with van der Waals surface area (Å²) in [6.07, 6.45) is 3.43. The number of ether oxygens (including phenoxy) is 2. The maximum atomic E-state index is 10.9. The van der Waals surface area contributed by atoms with E-state index in [1.165, 1.54) is 7.11 Å². The van der Waals surface area contributed by atoms with E-state index in [1.54, 1.807) is 18.5 Å². The van der Waals surface area contributed by atoms with Gasteiger partial charge in [0.05, 0.1) is 7.11 Å². The van der Waals surface area contributed by atoms with Crippen LogP contribution < -0.4 is 4.74 Å². The summed E-state index contributed by atoms with van der Waals surface area (Å²) in [4.78, 5) is 18.1. The molecular weight excluding hydrogens is 220 g/mol. The first-order valence-corrected chi connectivity index (χ1v) is 5.09. The standard InChI is InChI=1S/C12H12N2O3/c1-16-11(15)8-17-10-4-2-3-9(7-10)12-13-5-6-14-12/h2-7H,8H2,1H3,(H,13,14). The van der Waals surface area contributed by atoms with Crippen LogP contribution in [0.5, 0.6) is 5.75 Å². The van der Waals surface area contributed by atoms with Crippen LogP contribution in [0.15, 0.2) is 36.7 Å². The zero-order valence-corrected chi connectivity index (χ0v) is 9.34. The Morgan fingerprint density at radius 2 is 2.35 bits per heavy atom. The summed E-state index contributed by atoms with van der Waals surface area (Å²) >= 11 is 0. The Morgan fingerprint density at radius 1 is 1.47 bits per heavy atom. The van der Waals surface area contributed by atoms with Gasteiger partial charge in [-0.05, 0) is 12.1 Å². The molecule has 0 fully saturated rings. The van der Waals surface area contributed by atoms with Crippen LogP contribution in [0.4, 0.5) is 0 Å². The Kier molecular flexibility index (Phi) is 3.40. The number of carbonyl (C=O) groups excluding carboxylic acids is 1. The van der Waals surface area contributed by atoms with Crippen molar-refractivity contribution >= 4 is 5.97 Å². The van der Waals surface area contributed by atoms with Gasteiger partial charge in [0.2, 0.25) is 0 Å². The molecule has 1 aromatic heterocycles. The normalized spacial score (nSPS) is 9.94. The van der Waals surface area contributed by atoms with Crippen molar-refractivity contribution in [3.8, 4) is 17.1 Å². The van der Waals surface area contributed by atoms with E-state index < -0.39 is 5.97 Å². The third kappa shape index (κ3) is 2.84. The van der Waals surface area contributed by atoms with E-state index in [-0.39, 0.29) is 6.61 Å². The zero-order valence-electron chi connectivity index (χ0n) is 9.34. The monoisotopic (exact) mass is 232 g/mol. The lowest BCUT2D eigenvalue weighted by Crippen LogP contribution is -2.12. The lowest BCUT2D eigenvalue weighted by atomic mass is 10.2. The number of aromatic nitrogens is 2. The van der Waals surface area contributed by atoms with E-state index in [0.717, 1.165) is 11.4 Å². The molecule has 17 heavy (non-hydrogen) atoms. The molecule has 1 N–H and O–H groups in total. The number of esters is 1. The lowest BCUT2D eigenvalue weighted by molar-refractivity contribution is -0.142. The van der Waals surface area contributed by atoms with Crippen LogP contribution in [0.2, 0.25) is 0 Å². The number of aromatic amines is 1. The van der Waals surface area contributed by atoms with Gasteiger partial charge in [-0.15, -0.1) is 0 Å². The minimum atomic E-state index is -0.409. The number of hydrogen-bond acceptors (Lipinski definition) is 4. The number of carbonyl (C=O) groups is 1. The van der Waals surface area contributed by atoms with Crippen molar-refractivity contribution in [2.75, 3.05) is 13.7 Å². The van der Waals surface area contributed by atoms with Crippen LogP contribution in [-0.4, -0.2) is 29.7 Å². The van der Waals surface area contributed by atoms with E-state index in [1.807, 2.05) is 18.2 Å². The highest BCUT2D eigenvalue weighted by molar-refractivity contribution is 5.71. The molecule has 0 amide bonds. The van der Waals surface area contributed by atoms with Gasteiger partial charge in [0.25, 0.3) is 0 Å². The SMILES string of the molecule is COC(=O)COc1cccc(-c2ncc[nH]2)c1. The van der Waals surface area contributed by atoms with Gasteiger partial charge in [0.15, 0.2) is 6.61 Å². The summed E-state index contributed by atoms with van der Waals surface area (Å²) in [5.41, 5.74) is 0.900. The summed E-state index contributed by atoms with van der Waals surface area (Å²) in [7, 11) is 1.32. The van der Waals surface area contributed by atoms with Crippen molar-refractivity contribution in [2.45, 2.75) is 0 Å². The van der Waals surface area contributed by atoms with Gasteiger partial charge in [-0.25, -0.2) is 9.78 Å². The predicted molar refractivity (Wildman–Crippen MR) is 61.5 cm³/mol. The molecule has 0 atom stereocenters. The second-order valence-corrected chi connectivity index (χ2v) is 3.33. The van der Waals surface area contributed by atoms with Crippen molar-refractivity contribution in [3.63, 3.8) is 0 Å². The second kappa shape index (κ2) is 5.16. The lowest BCUT2D eigenvalue weighted by Gasteiger charge is -2.05. The van der Waals surface area contributed by atoms with Crippen molar-refractivity contribution in [2.24, 2.45) is 0 Å². The van der Waals surface area contributed by atoms with Gasteiger partial charge in [-0.1, -0.05) is 12.1 Å². The summed E-state index contributed by atoms with van der Waals surface area (Å²) < 4.78 is 9.77. The maximum Gasteiger partial charge on any atom is 0.343 e.